The quantitative estimate of drug-likeness (QED) is 0.858. The van der Waals surface area contributed by atoms with E-state index < -0.39 is 0 Å². The number of nitrogens with one attached hydrogen (secondary N) is 1. The summed E-state index contributed by atoms with van der Waals surface area (Å²) in [6, 6.07) is 10.4. The number of rotatable bonds is 5. The first-order chi connectivity index (χ1) is 12.1. The minimum atomic E-state index is 0.0921. The first-order valence-electron chi connectivity index (χ1n) is 9.16. The van der Waals surface area contributed by atoms with E-state index in [1.807, 2.05) is 11.0 Å². The van der Waals surface area contributed by atoms with Crippen LogP contribution < -0.4 is 10.2 Å². The number of hydrogen-bond donors (Lipinski definition) is 1. The van der Waals surface area contributed by atoms with Gasteiger partial charge in [0.1, 0.15) is 0 Å². The van der Waals surface area contributed by atoms with Crippen molar-refractivity contribution in [3.8, 4) is 0 Å². The molecule has 2 aliphatic heterocycles. The molecule has 1 N–H and O–H groups in total. The van der Waals surface area contributed by atoms with Crippen LogP contribution in [0, 0.1) is 5.92 Å². The van der Waals surface area contributed by atoms with Crippen LogP contribution in [0.3, 0.4) is 0 Å². The van der Waals surface area contributed by atoms with Crippen molar-refractivity contribution < 1.29 is 9.59 Å². The topological polar surface area (TPSA) is 55.9 Å². The molecule has 136 valence electrons. The van der Waals surface area contributed by atoms with Crippen molar-refractivity contribution >= 4 is 17.5 Å². The van der Waals surface area contributed by atoms with Gasteiger partial charge in [0, 0.05) is 58.4 Å². The number of hydrogen-bond acceptors (Lipinski definition) is 4. The SMILES string of the molecule is CC(=O)N1CCN(CC(=O)NCC2CCN(c3ccccc3)C2)CC1. The van der Waals surface area contributed by atoms with Crippen LogP contribution in [0.1, 0.15) is 13.3 Å². The molecule has 6 heteroatoms. The Labute approximate surface area is 149 Å². The first kappa shape index (κ1) is 17.7. The summed E-state index contributed by atoms with van der Waals surface area (Å²) in [6.07, 6.45) is 1.12. The molecule has 3 rings (SSSR count). The fourth-order valence-electron chi connectivity index (χ4n) is 3.61. The predicted molar refractivity (Wildman–Crippen MR) is 98.5 cm³/mol. The van der Waals surface area contributed by atoms with Gasteiger partial charge in [-0.15, -0.1) is 0 Å². The Bertz CT molecular complexity index is 584. The van der Waals surface area contributed by atoms with Crippen LogP contribution in [0.25, 0.3) is 0 Å². The van der Waals surface area contributed by atoms with Gasteiger partial charge in [-0.05, 0) is 24.5 Å². The molecule has 0 saturated carbocycles. The standard InChI is InChI=1S/C19H28N4O2/c1-16(24)22-11-9-21(10-12-22)15-19(25)20-13-17-7-8-23(14-17)18-5-3-2-4-6-18/h2-6,17H,7-15H2,1H3,(H,20,25). The molecular weight excluding hydrogens is 316 g/mol. The molecule has 0 radical (unpaired) electrons. The molecule has 0 aromatic heterocycles. The van der Waals surface area contributed by atoms with E-state index in [2.05, 4.69) is 39.4 Å². The van der Waals surface area contributed by atoms with Crippen molar-refractivity contribution in [1.82, 2.24) is 15.1 Å². The zero-order valence-corrected chi connectivity index (χ0v) is 15.0. The highest BCUT2D eigenvalue weighted by atomic mass is 16.2. The largest absolute Gasteiger partial charge is 0.371 e. The van der Waals surface area contributed by atoms with E-state index in [1.54, 1.807) is 6.92 Å². The third-order valence-electron chi connectivity index (χ3n) is 5.18. The number of piperazine rings is 1. The second-order valence-electron chi connectivity index (χ2n) is 7.02. The smallest absolute Gasteiger partial charge is 0.234 e. The summed E-state index contributed by atoms with van der Waals surface area (Å²) in [4.78, 5) is 29.9. The van der Waals surface area contributed by atoms with Gasteiger partial charge in [-0.25, -0.2) is 0 Å². The summed E-state index contributed by atoms with van der Waals surface area (Å²) in [5.41, 5.74) is 1.26. The Balaban J connectivity index is 1.35. The molecule has 2 amide bonds. The average molecular weight is 344 g/mol. The summed E-state index contributed by atoms with van der Waals surface area (Å²) in [7, 11) is 0. The molecule has 6 nitrogen and oxygen atoms in total. The van der Waals surface area contributed by atoms with Gasteiger partial charge >= 0.3 is 0 Å². The zero-order chi connectivity index (χ0) is 17.6. The van der Waals surface area contributed by atoms with Gasteiger partial charge in [-0.3, -0.25) is 14.5 Å². The minimum Gasteiger partial charge on any atom is -0.371 e. The maximum Gasteiger partial charge on any atom is 0.234 e. The zero-order valence-electron chi connectivity index (χ0n) is 15.0. The molecule has 1 unspecified atom stereocenters. The molecule has 25 heavy (non-hydrogen) atoms. The number of para-hydroxylation sites is 1. The number of nitrogens with zero attached hydrogens (tertiary/aromatic N) is 3. The second-order valence-corrected chi connectivity index (χ2v) is 7.02. The summed E-state index contributed by atoms with van der Waals surface area (Å²) < 4.78 is 0. The summed E-state index contributed by atoms with van der Waals surface area (Å²) in [5, 5.41) is 3.09. The van der Waals surface area contributed by atoms with Gasteiger partial charge in [0.15, 0.2) is 0 Å². The van der Waals surface area contributed by atoms with Crippen LogP contribution in [0.15, 0.2) is 30.3 Å². The van der Waals surface area contributed by atoms with Crippen LogP contribution in [-0.4, -0.2) is 74.0 Å². The first-order valence-corrected chi connectivity index (χ1v) is 9.16. The second kappa shape index (κ2) is 8.34. The number of anilines is 1. The lowest BCUT2D eigenvalue weighted by Gasteiger charge is -2.33. The van der Waals surface area contributed by atoms with Crippen molar-refractivity contribution in [1.29, 1.82) is 0 Å². The number of benzene rings is 1. The molecule has 1 aromatic carbocycles. The number of carbonyl (C=O) groups is 2. The molecule has 2 heterocycles. The van der Waals surface area contributed by atoms with Crippen molar-refractivity contribution in [3.05, 3.63) is 30.3 Å². The van der Waals surface area contributed by atoms with E-state index in [1.165, 1.54) is 5.69 Å². The van der Waals surface area contributed by atoms with Crippen LogP contribution >= 0.6 is 0 Å². The summed E-state index contributed by atoms with van der Waals surface area (Å²) >= 11 is 0. The Morgan fingerprint density at radius 3 is 2.48 bits per heavy atom. The van der Waals surface area contributed by atoms with Gasteiger partial charge in [0.05, 0.1) is 6.54 Å². The molecule has 1 atom stereocenters. The maximum atomic E-state index is 12.2. The lowest BCUT2D eigenvalue weighted by atomic mass is 10.1. The minimum absolute atomic E-state index is 0.0921. The van der Waals surface area contributed by atoms with Gasteiger partial charge in [-0.1, -0.05) is 18.2 Å². The van der Waals surface area contributed by atoms with Gasteiger partial charge in [-0.2, -0.15) is 0 Å². The molecule has 2 saturated heterocycles. The predicted octanol–water partition coefficient (Wildman–Crippen LogP) is 0.793. The fourth-order valence-corrected chi connectivity index (χ4v) is 3.61. The van der Waals surface area contributed by atoms with E-state index in [4.69, 9.17) is 0 Å². The molecule has 2 aliphatic rings. The average Bonchev–Trinajstić information content (AvgIpc) is 3.10. The third kappa shape index (κ3) is 4.95. The highest BCUT2D eigenvalue weighted by Gasteiger charge is 2.24. The van der Waals surface area contributed by atoms with Gasteiger partial charge < -0.3 is 15.1 Å². The molecule has 0 bridgehead atoms. The van der Waals surface area contributed by atoms with E-state index in [-0.39, 0.29) is 11.8 Å². The maximum absolute atomic E-state index is 12.2. The third-order valence-corrected chi connectivity index (χ3v) is 5.18. The molecule has 2 fully saturated rings. The van der Waals surface area contributed by atoms with Gasteiger partial charge in [0.25, 0.3) is 0 Å². The van der Waals surface area contributed by atoms with Crippen molar-refractivity contribution in [2.75, 3.05) is 57.3 Å². The molecular formula is C19H28N4O2. The monoisotopic (exact) mass is 344 g/mol. The van der Waals surface area contributed by atoms with E-state index in [0.717, 1.165) is 52.2 Å². The summed E-state index contributed by atoms with van der Waals surface area (Å²) in [5.74, 6) is 0.724. The Hall–Kier alpha value is -2.08. The number of amides is 2. The molecule has 1 aromatic rings. The van der Waals surface area contributed by atoms with Crippen LogP contribution in [0.2, 0.25) is 0 Å². The Morgan fingerprint density at radius 1 is 1.08 bits per heavy atom. The van der Waals surface area contributed by atoms with Crippen LogP contribution in [0.5, 0.6) is 0 Å². The molecule has 0 spiro atoms. The number of carbonyl (C=O) groups excluding carboxylic acids is 2. The highest BCUT2D eigenvalue weighted by Crippen LogP contribution is 2.22. The molecule has 0 aliphatic carbocycles. The van der Waals surface area contributed by atoms with Crippen LogP contribution in [-0.2, 0) is 9.59 Å². The van der Waals surface area contributed by atoms with Crippen molar-refractivity contribution in [2.45, 2.75) is 13.3 Å². The van der Waals surface area contributed by atoms with E-state index >= 15 is 0 Å². The highest BCUT2D eigenvalue weighted by molar-refractivity contribution is 5.78. The van der Waals surface area contributed by atoms with Crippen molar-refractivity contribution in [3.63, 3.8) is 0 Å². The van der Waals surface area contributed by atoms with E-state index in [9.17, 15) is 9.59 Å². The Morgan fingerprint density at radius 2 is 1.80 bits per heavy atom. The normalized spacial score (nSPS) is 21.4. The van der Waals surface area contributed by atoms with Crippen LogP contribution in [0.4, 0.5) is 5.69 Å². The van der Waals surface area contributed by atoms with E-state index in [0.29, 0.717) is 12.5 Å². The van der Waals surface area contributed by atoms with Gasteiger partial charge in [0.2, 0.25) is 11.8 Å². The summed E-state index contributed by atoms with van der Waals surface area (Å²) in [6.45, 7) is 7.82. The Kier molecular flexibility index (Phi) is 5.91. The lowest BCUT2D eigenvalue weighted by Crippen LogP contribution is -2.50. The fraction of sp³-hybridized carbons (Fsp3) is 0.579. The lowest BCUT2D eigenvalue weighted by molar-refractivity contribution is -0.131. The van der Waals surface area contributed by atoms with Crippen molar-refractivity contribution in [2.24, 2.45) is 5.92 Å².